The lowest BCUT2D eigenvalue weighted by Crippen LogP contribution is -2.14. The highest BCUT2D eigenvalue weighted by Gasteiger charge is 2.14. The smallest absolute Gasteiger partial charge is 0.150 e. The van der Waals surface area contributed by atoms with Gasteiger partial charge in [-0.15, -0.1) is 0 Å². The summed E-state index contributed by atoms with van der Waals surface area (Å²) in [6, 6.07) is 1.24. The van der Waals surface area contributed by atoms with Crippen LogP contribution in [0.15, 0.2) is 12.2 Å². The number of allylic oxidation sites excluding steroid dienone is 2. The standard InChI is InChI=1S/C8H17ClSi/c1-4-5-6-7-8-10(2,3)9/h4-5H,6-8H2,1-3H3. The topological polar surface area (TPSA) is 0 Å². The van der Waals surface area contributed by atoms with Crippen molar-refractivity contribution >= 4 is 18.5 Å². The first-order valence-electron chi connectivity index (χ1n) is 3.86. The molecule has 0 rings (SSSR count). The molecule has 0 aliphatic heterocycles. The molecule has 0 nitrogen and oxygen atoms in total. The Morgan fingerprint density at radius 3 is 2.40 bits per heavy atom. The molecule has 0 aliphatic rings. The molecule has 0 saturated heterocycles. The summed E-state index contributed by atoms with van der Waals surface area (Å²) in [5.74, 6) is 0. The van der Waals surface area contributed by atoms with E-state index < -0.39 is 7.38 Å². The molecule has 0 bridgehead atoms. The molecule has 0 aromatic carbocycles. The average Bonchev–Trinajstić information content (AvgIpc) is 1.78. The molecular formula is C8H17ClSi. The highest BCUT2D eigenvalue weighted by Crippen LogP contribution is 2.17. The summed E-state index contributed by atoms with van der Waals surface area (Å²) in [7, 11) is -1.27. The fourth-order valence-corrected chi connectivity index (χ4v) is 2.25. The van der Waals surface area contributed by atoms with Crippen LogP contribution in [-0.2, 0) is 0 Å². The van der Waals surface area contributed by atoms with Crippen molar-refractivity contribution in [3.05, 3.63) is 12.2 Å². The van der Waals surface area contributed by atoms with Crippen LogP contribution in [0, 0.1) is 0 Å². The Hall–Kier alpha value is 0.247. The molecule has 10 heavy (non-hydrogen) atoms. The van der Waals surface area contributed by atoms with E-state index in [1.165, 1.54) is 18.9 Å². The Labute approximate surface area is 70.0 Å². The van der Waals surface area contributed by atoms with E-state index in [1.54, 1.807) is 0 Å². The molecule has 2 heteroatoms. The lowest BCUT2D eigenvalue weighted by Gasteiger charge is -2.10. The van der Waals surface area contributed by atoms with Crippen molar-refractivity contribution < 1.29 is 0 Å². The van der Waals surface area contributed by atoms with Gasteiger partial charge in [0.25, 0.3) is 0 Å². The number of hydrogen-bond donors (Lipinski definition) is 0. The first kappa shape index (κ1) is 10.2. The second kappa shape index (κ2) is 4.97. The monoisotopic (exact) mass is 176 g/mol. The number of rotatable bonds is 4. The molecule has 0 aromatic heterocycles. The van der Waals surface area contributed by atoms with Crippen molar-refractivity contribution in [2.45, 2.75) is 38.9 Å². The molecular weight excluding hydrogens is 160 g/mol. The van der Waals surface area contributed by atoms with Gasteiger partial charge in [-0.1, -0.05) is 31.7 Å². The van der Waals surface area contributed by atoms with Crippen LogP contribution in [0.2, 0.25) is 19.1 Å². The number of halogens is 1. The minimum absolute atomic E-state index is 1.19. The van der Waals surface area contributed by atoms with Crippen LogP contribution in [0.25, 0.3) is 0 Å². The van der Waals surface area contributed by atoms with Gasteiger partial charge in [-0.05, 0) is 19.4 Å². The van der Waals surface area contributed by atoms with Crippen molar-refractivity contribution in [3.8, 4) is 0 Å². The maximum Gasteiger partial charge on any atom is 0.150 e. The Balaban J connectivity index is 3.20. The first-order valence-corrected chi connectivity index (χ1v) is 8.08. The summed E-state index contributed by atoms with van der Waals surface area (Å²) in [5, 5.41) is 0. The summed E-state index contributed by atoms with van der Waals surface area (Å²) < 4.78 is 0. The van der Waals surface area contributed by atoms with E-state index >= 15 is 0 Å². The molecule has 60 valence electrons. The van der Waals surface area contributed by atoms with E-state index in [0.717, 1.165) is 0 Å². The lowest BCUT2D eigenvalue weighted by atomic mass is 10.3. The van der Waals surface area contributed by atoms with Crippen LogP contribution in [-0.4, -0.2) is 7.38 Å². The van der Waals surface area contributed by atoms with Crippen LogP contribution in [0.4, 0.5) is 0 Å². The molecule has 0 amide bonds. The van der Waals surface area contributed by atoms with Crippen LogP contribution in [0.1, 0.15) is 19.8 Å². The van der Waals surface area contributed by atoms with Gasteiger partial charge in [0.05, 0.1) is 0 Å². The van der Waals surface area contributed by atoms with Gasteiger partial charge in [-0.3, -0.25) is 0 Å². The van der Waals surface area contributed by atoms with Crippen LogP contribution >= 0.6 is 11.1 Å². The zero-order valence-corrected chi connectivity index (χ0v) is 8.91. The van der Waals surface area contributed by atoms with Gasteiger partial charge in [0.15, 0.2) is 7.38 Å². The van der Waals surface area contributed by atoms with E-state index in [4.69, 9.17) is 11.1 Å². The Kier molecular flexibility index (Phi) is 5.09. The minimum atomic E-state index is -1.27. The summed E-state index contributed by atoms with van der Waals surface area (Å²) in [6.07, 6.45) is 6.76. The van der Waals surface area contributed by atoms with Crippen molar-refractivity contribution in [2.24, 2.45) is 0 Å². The molecule has 0 aromatic rings. The highest BCUT2D eigenvalue weighted by atomic mass is 35.6. The maximum absolute atomic E-state index is 6.13. The van der Waals surface area contributed by atoms with Crippen LogP contribution in [0.5, 0.6) is 0 Å². The Morgan fingerprint density at radius 1 is 1.40 bits per heavy atom. The van der Waals surface area contributed by atoms with Crippen molar-refractivity contribution in [2.75, 3.05) is 0 Å². The second-order valence-corrected chi connectivity index (χ2v) is 10.2. The van der Waals surface area contributed by atoms with Gasteiger partial charge in [-0.25, -0.2) is 0 Å². The molecule has 0 N–H and O–H groups in total. The summed E-state index contributed by atoms with van der Waals surface area (Å²) >= 11 is 6.13. The van der Waals surface area contributed by atoms with Gasteiger partial charge < -0.3 is 0 Å². The predicted molar refractivity (Wildman–Crippen MR) is 52.2 cm³/mol. The molecule has 0 aliphatic carbocycles. The predicted octanol–water partition coefficient (Wildman–Crippen LogP) is 3.79. The largest absolute Gasteiger partial charge is 0.168 e. The van der Waals surface area contributed by atoms with E-state index in [2.05, 4.69) is 32.2 Å². The summed E-state index contributed by atoms with van der Waals surface area (Å²) in [4.78, 5) is 0. The molecule has 0 atom stereocenters. The normalized spacial score (nSPS) is 12.8. The lowest BCUT2D eigenvalue weighted by molar-refractivity contribution is 0.939. The third kappa shape index (κ3) is 8.25. The van der Waals surface area contributed by atoms with E-state index in [0.29, 0.717) is 0 Å². The van der Waals surface area contributed by atoms with Gasteiger partial charge >= 0.3 is 0 Å². The van der Waals surface area contributed by atoms with Crippen molar-refractivity contribution in [1.82, 2.24) is 0 Å². The quantitative estimate of drug-likeness (QED) is 0.265. The summed E-state index contributed by atoms with van der Waals surface area (Å²) in [6.45, 7) is 6.46. The van der Waals surface area contributed by atoms with E-state index in [9.17, 15) is 0 Å². The third-order valence-electron chi connectivity index (χ3n) is 1.38. The van der Waals surface area contributed by atoms with Crippen molar-refractivity contribution in [3.63, 3.8) is 0 Å². The van der Waals surface area contributed by atoms with Gasteiger partial charge in [0.1, 0.15) is 0 Å². The van der Waals surface area contributed by atoms with Crippen LogP contribution < -0.4 is 0 Å². The third-order valence-corrected chi connectivity index (χ3v) is 3.49. The molecule has 0 spiro atoms. The first-order chi connectivity index (χ1) is 4.56. The number of hydrogen-bond acceptors (Lipinski definition) is 0. The van der Waals surface area contributed by atoms with Gasteiger partial charge in [0, 0.05) is 0 Å². The van der Waals surface area contributed by atoms with Gasteiger partial charge in [-0.2, -0.15) is 11.1 Å². The van der Waals surface area contributed by atoms with E-state index in [1.807, 2.05) is 0 Å². The fourth-order valence-electron chi connectivity index (χ4n) is 0.807. The van der Waals surface area contributed by atoms with Crippen LogP contribution in [0.3, 0.4) is 0 Å². The minimum Gasteiger partial charge on any atom is -0.168 e. The second-order valence-electron chi connectivity index (χ2n) is 3.18. The zero-order chi connectivity index (χ0) is 8.04. The average molecular weight is 177 g/mol. The molecule has 0 saturated carbocycles. The fraction of sp³-hybridized carbons (Fsp3) is 0.750. The SMILES string of the molecule is CC=CCCC[Si](C)(C)Cl. The maximum atomic E-state index is 6.13. The Bertz CT molecular complexity index is 102. The molecule has 0 unspecified atom stereocenters. The molecule has 0 heterocycles. The Morgan fingerprint density at radius 2 is 2.00 bits per heavy atom. The number of unbranched alkanes of at least 4 members (excludes halogenated alkanes) is 1. The van der Waals surface area contributed by atoms with Gasteiger partial charge in [0.2, 0.25) is 0 Å². The molecule has 0 radical (unpaired) electrons. The zero-order valence-electron chi connectivity index (χ0n) is 7.15. The van der Waals surface area contributed by atoms with E-state index in [-0.39, 0.29) is 0 Å². The summed E-state index contributed by atoms with van der Waals surface area (Å²) in [5.41, 5.74) is 0. The highest BCUT2D eigenvalue weighted by molar-refractivity contribution is 7.19. The molecule has 0 fully saturated rings. The van der Waals surface area contributed by atoms with Crippen molar-refractivity contribution in [1.29, 1.82) is 0 Å².